The molecule has 4 heterocycles. The van der Waals surface area contributed by atoms with Crippen molar-refractivity contribution in [3.8, 4) is 0 Å². The van der Waals surface area contributed by atoms with Crippen LogP contribution < -0.4 is 0 Å². The van der Waals surface area contributed by atoms with Gasteiger partial charge in [0.1, 0.15) is 6.04 Å². The van der Waals surface area contributed by atoms with Gasteiger partial charge in [-0.2, -0.15) is 0 Å². The number of hydrogen-bond donors (Lipinski definition) is 0. The minimum Gasteiger partial charge on any atom is -0.459 e. The molecule has 1 spiro atoms. The van der Waals surface area contributed by atoms with Crippen molar-refractivity contribution >= 4 is 11.8 Å². The van der Waals surface area contributed by atoms with Crippen LogP contribution in [0.5, 0.6) is 0 Å². The Morgan fingerprint density at radius 2 is 1.69 bits per heavy atom. The lowest BCUT2D eigenvalue weighted by Gasteiger charge is -2.42. The van der Waals surface area contributed by atoms with E-state index in [2.05, 4.69) is 0 Å². The van der Waals surface area contributed by atoms with Crippen LogP contribution in [-0.2, 0) is 27.2 Å². The van der Waals surface area contributed by atoms with Gasteiger partial charge in [0.05, 0.1) is 19.5 Å². The Morgan fingerprint density at radius 3 is 2.38 bits per heavy atom. The Bertz CT molecular complexity index is 894. The Morgan fingerprint density at radius 1 is 0.966 bits per heavy atom. The van der Waals surface area contributed by atoms with Crippen LogP contribution in [0.15, 0.2) is 47.1 Å². The van der Waals surface area contributed by atoms with Crippen molar-refractivity contribution in [2.45, 2.75) is 37.6 Å². The lowest BCUT2D eigenvalue weighted by molar-refractivity contribution is -0.188. The molecule has 3 aliphatic rings. The first-order valence-electron chi connectivity index (χ1n) is 10.1. The van der Waals surface area contributed by atoms with Gasteiger partial charge in [0.25, 0.3) is 5.91 Å². The monoisotopic (exact) mass is 396 g/mol. The smallest absolute Gasteiger partial charge is 0.290 e. The van der Waals surface area contributed by atoms with E-state index in [0.29, 0.717) is 52.1 Å². The van der Waals surface area contributed by atoms with Crippen LogP contribution in [0.4, 0.5) is 0 Å². The fourth-order valence-corrected chi connectivity index (χ4v) is 4.56. The molecule has 2 fully saturated rings. The Hall–Kier alpha value is -2.64. The van der Waals surface area contributed by atoms with Gasteiger partial charge >= 0.3 is 0 Å². The second kappa shape index (κ2) is 7.31. The Labute approximate surface area is 169 Å². The van der Waals surface area contributed by atoms with E-state index >= 15 is 0 Å². The van der Waals surface area contributed by atoms with Crippen LogP contribution >= 0.6 is 0 Å². The van der Waals surface area contributed by atoms with Crippen molar-refractivity contribution in [2.75, 3.05) is 26.3 Å². The molecule has 3 aliphatic heterocycles. The van der Waals surface area contributed by atoms with Crippen LogP contribution in [0.3, 0.4) is 0 Å². The molecule has 29 heavy (non-hydrogen) atoms. The van der Waals surface area contributed by atoms with Gasteiger partial charge in [-0.25, -0.2) is 0 Å². The summed E-state index contributed by atoms with van der Waals surface area (Å²) in [4.78, 5) is 30.1. The third-order valence-corrected chi connectivity index (χ3v) is 6.18. The number of piperidine rings is 1. The molecule has 5 rings (SSSR count). The molecule has 7 nitrogen and oxygen atoms in total. The minimum atomic E-state index is -0.540. The average Bonchev–Trinajstić information content (AvgIpc) is 3.45. The maximum atomic E-state index is 13.5. The highest BCUT2D eigenvalue weighted by atomic mass is 16.7. The number of likely N-dealkylation sites (tertiary alicyclic amines) is 1. The molecular weight excluding hydrogens is 372 g/mol. The molecule has 2 aromatic rings. The topological polar surface area (TPSA) is 72.2 Å². The summed E-state index contributed by atoms with van der Waals surface area (Å²) in [5.74, 6) is -0.543. The number of amides is 2. The Kier molecular flexibility index (Phi) is 4.64. The van der Waals surface area contributed by atoms with E-state index in [1.807, 2.05) is 29.2 Å². The van der Waals surface area contributed by atoms with E-state index in [-0.39, 0.29) is 17.6 Å². The fraction of sp³-hybridized carbons (Fsp3) is 0.455. The summed E-state index contributed by atoms with van der Waals surface area (Å²) in [5.41, 5.74) is 2.19. The maximum absolute atomic E-state index is 13.5. The highest BCUT2D eigenvalue weighted by Crippen LogP contribution is 2.33. The predicted octanol–water partition coefficient (Wildman–Crippen LogP) is 2.21. The van der Waals surface area contributed by atoms with E-state index in [0.717, 1.165) is 11.1 Å². The van der Waals surface area contributed by atoms with E-state index in [4.69, 9.17) is 13.9 Å². The van der Waals surface area contributed by atoms with Crippen LogP contribution in [-0.4, -0.2) is 59.7 Å². The standard InChI is InChI=1S/C22H24N2O5/c25-20(23-9-7-22(8-10-23)28-12-13-29-22)18-14-16-4-1-2-5-17(16)15-24(18)21(26)19-6-3-11-27-19/h1-6,11,18H,7-10,12-15H2. The summed E-state index contributed by atoms with van der Waals surface area (Å²) >= 11 is 0. The van der Waals surface area contributed by atoms with Gasteiger partial charge in [0.2, 0.25) is 5.91 Å². The molecule has 2 saturated heterocycles. The number of furan rings is 1. The molecule has 0 aliphatic carbocycles. The van der Waals surface area contributed by atoms with Crippen LogP contribution in [0.1, 0.15) is 34.5 Å². The predicted molar refractivity (Wildman–Crippen MR) is 103 cm³/mol. The quantitative estimate of drug-likeness (QED) is 0.778. The zero-order valence-electron chi connectivity index (χ0n) is 16.2. The summed E-state index contributed by atoms with van der Waals surface area (Å²) < 4.78 is 16.9. The molecule has 1 aromatic carbocycles. The first kappa shape index (κ1) is 18.4. The molecule has 0 saturated carbocycles. The molecule has 0 N–H and O–H groups in total. The first-order chi connectivity index (χ1) is 14.2. The van der Waals surface area contributed by atoms with Gasteiger partial charge in [-0.05, 0) is 23.3 Å². The van der Waals surface area contributed by atoms with E-state index in [1.54, 1.807) is 17.0 Å². The first-order valence-corrected chi connectivity index (χ1v) is 10.1. The molecule has 0 bridgehead atoms. The number of carbonyl (C=O) groups is 2. The Balaban J connectivity index is 1.38. The summed E-state index contributed by atoms with van der Waals surface area (Å²) in [7, 11) is 0. The number of carbonyl (C=O) groups excluding carboxylic acids is 2. The molecule has 1 unspecified atom stereocenters. The molecule has 1 aromatic heterocycles. The fourth-order valence-electron chi connectivity index (χ4n) is 4.56. The summed E-state index contributed by atoms with van der Waals surface area (Å²) in [6.45, 7) is 2.76. The minimum absolute atomic E-state index is 0.0211. The molecule has 0 radical (unpaired) electrons. The summed E-state index contributed by atoms with van der Waals surface area (Å²) in [6, 6.07) is 10.8. The van der Waals surface area contributed by atoms with Gasteiger partial charge in [0.15, 0.2) is 11.5 Å². The zero-order chi connectivity index (χ0) is 19.8. The second-order valence-corrected chi connectivity index (χ2v) is 7.83. The van der Waals surface area contributed by atoms with Crippen LogP contribution in [0.25, 0.3) is 0 Å². The highest BCUT2D eigenvalue weighted by molar-refractivity contribution is 5.96. The van der Waals surface area contributed by atoms with Gasteiger partial charge in [-0.1, -0.05) is 24.3 Å². The van der Waals surface area contributed by atoms with E-state index in [1.165, 1.54) is 6.26 Å². The number of fused-ring (bicyclic) bond motifs is 1. The zero-order valence-corrected chi connectivity index (χ0v) is 16.2. The van der Waals surface area contributed by atoms with Crippen LogP contribution in [0.2, 0.25) is 0 Å². The second-order valence-electron chi connectivity index (χ2n) is 7.83. The SMILES string of the molecule is O=C(C1Cc2ccccc2CN1C(=O)c1ccco1)N1CCC2(CC1)OCCO2. The van der Waals surface area contributed by atoms with Crippen molar-refractivity contribution in [1.82, 2.24) is 9.80 Å². The lowest BCUT2D eigenvalue weighted by Crippen LogP contribution is -2.56. The molecular formula is C22H24N2O5. The number of nitrogens with zero attached hydrogens (tertiary/aromatic N) is 2. The molecule has 2 amide bonds. The third-order valence-electron chi connectivity index (χ3n) is 6.18. The van der Waals surface area contributed by atoms with Gasteiger partial charge in [-0.15, -0.1) is 0 Å². The van der Waals surface area contributed by atoms with Gasteiger partial charge < -0.3 is 23.7 Å². The number of ether oxygens (including phenoxy) is 2. The van der Waals surface area contributed by atoms with Crippen LogP contribution in [0, 0.1) is 0 Å². The number of rotatable bonds is 2. The molecule has 1 atom stereocenters. The summed E-state index contributed by atoms with van der Waals surface area (Å²) in [5, 5.41) is 0. The normalized spacial score (nSPS) is 23.2. The van der Waals surface area contributed by atoms with Crippen molar-refractivity contribution in [2.24, 2.45) is 0 Å². The largest absolute Gasteiger partial charge is 0.459 e. The van der Waals surface area contributed by atoms with E-state index in [9.17, 15) is 9.59 Å². The van der Waals surface area contributed by atoms with Crippen molar-refractivity contribution in [3.63, 3.8) is 0 Å². The number of hydrogen-bond acceptors (Lipinski definition) is 5. The number of benzene rings is 1. The van der Waals surface area contributed by atoms with Gasteiger partial charge in [0, 0.05) is 38.9 Å². The third kappa shape index (κ3) is 3.34. The van der Waals surface area contributed by atoms with Crippen molar-refractivity contribution in [3.05, 3.63) is 59.5 Å². The maximum Gasteiger partial charge on any atom is 0.290 e. The van der Waals surface area contributed by atoms with Gasteiger partial charge in [-0.3, -0.25) is 9.59 Å². The highest BCUT2D eigenvalue weighted by Gasteiger charge is 2.44. The van der Waals surface area contributed by atoms with Crippen molar-refractivity contribution < 1.29 is 23.5 Å². The van der Waals surface area contributed by atoms with Crippen molar-refractivity contribution in [1.29, 1.82) is 0 Å². The molecule has 7 heteroatoms. The van der Waals surface area contributed by atoms with E-state index < -0.39 is 11.8 Å². The lowest BCUT2D eigenvalue weighted by atomic mass is 9.92. The molecule has 152 valence electrons. The summed E-state index contributed by atoms with van der Waals surface area (Å²) in [6.07, 6.45) is 3.31. The average molecular weight is 396 g/mol.